The summed E-state index contributed by atoms with van der Waals surface area (Å²) in [5, 5.41) is 10.8. The molecule has 6 heteroatoms. The highest BCUT2D eigenvalue weighted by Gasteiger charge is 2.12. The summed E-state index contributed by atoms with van der Waals surface area (Å²) in [7, 11) is 0. The summed E-state index contributed by atoms with van der Waals surface area (Å²) in [4.78, 5) is 15.1. The van der Waals surface area contributed by atoms with E-state index in [4.69, 9.17) is 5.26 Å². The molecule has 15 heavy (non-hydrogen) atoms. The van der Waals surface area contributed by atoms with Crippen LogP contribution in [0.5, 0.6) is 0 Å². The number of thiol groups is 1. The number of nitrogens with zero attached hydrogens (tertiary/aromatic N) is 2. The molecule has 1 aromatic heterocycles. The standard InChI is InChI=1S/C9H8FN3OS/c1-5(3-11)13-9(14)7-2-6(10)8(15)4-12-7/h2,4-5,15H,1H3,(H,13,14)/t5-/m0/s1. The molecule has 0 saturated heterocycles. The number of pyridine rings is 1. The topological polar surface area (TPSA) is 65.8 Å². The van der Waals surface area contributed by atoms with E-state index in [1.165, 1.54) is 6.92 Å². The third-order valence-electron chi connectivity index (χ3n) is 1.61. The number of halogens is 1. The van der Waals surface area contributed by atoms with E-state index in [1.54, 1.807) is 0 Å². The Morgan fingerprint density at radius 2 is 2.47 bits per heavy atom. The summed E-state index contributed by atoms with van der Waals surface area (Å²) in [6, 6.07) is 2.16. The molecule has 1 heterocycles. The summed E-state index contributed by atoms with van der Waals surface area (Å²) >= 11 is 3.78. The van der Waals surface area contributed by atoms with Crippen LogP contribution in [0.4, 0.5) is 4.39 Å². The maximum atomic E-state index is 13.0. The van der Waals surface area contributed by atoms with Gasteiger partial charge in [-0.2, -0.15) is 5.26 Å². The lowest BCUT2D eigenvalue weighted by Gasteiger charge is -2.05. The zero-order valence-corrected chi connectivity index (χ0v) is 8.75. The molecular weight excluding hydrogens is 217 g/mol. The van der Waals surface area contributed by atoms with Crippen molar-refractivity contribution in [3.05, 3.63) is 23.8 Å². The molecule has 0 fully saturated rings. The van der Waals surface area contributed by atoms with Crippen molar-refractivity contribution in [2.45, 2.75) is 17.9 Å². The van der Waals surface area contributed by atoms with Crippen molar-refractivity contribution in [2.24, 2.45) is 0 Å². The Kier molecular flexibility index (Phi) is 3.63. The Labute approximate surface area is 91.5 Å². The number of nitrogens with one attached hydrogen (secondary N) is 1. The molecule has 1 N–H and O–H groups in total. The van der Waals surface area contributed by atoms with E-state index in [0.29, 0.717) is 0 Å². The van der Waals surface area contributed by atoms with Gasteiger partial charge in [0.2, 0.25) is 0 Å². The van der Waals surface area contributed by atoms with Gasteiger partial charge in [-0.05, 0) is 6.92 Å². The van der Waals surface area contributed by atoms with Crippen LogP contribution in [-0.4, -0.2) is 16.9 Å². The summed E-state index contributed by atoms with van der Waals surface area (Å²) in [5.74, 6) is -1.21. The predicted octanol–water partition coefficient (Wildman–Crippen LogP) is 1.15. The zero-order chi connectivity index (χ0) is 11.4. The molecule has 1 atom stereocenters. The van der Waals surface area contributed by atoms with Crippen molar-refractivity contribution in [3.63, 3.8) is 0 Å². The first-order chi connectivity index (χ1) is 7.04. The van der Waals surface area contributed by atoms with Gasteiger partial charge in [-0.1, -0.05) is 0 Å². The van der Waals surface area contributed by atoms with Gasteiger partial charge in [0.25, 0.3) is 5.91 Å². The second-order valence-electron chi connectivity index (χ2n) is 2.85. The van der Waals surface area contributed by atoms with Crippen LogP contribution in [0, 0.1) is 17.1 Å². The highest BCUT2D eigenvalue weighted by Crippen LogP contribution is 2.11. The van der Waals surface area contributed by atoms with Gasteiger partial charge in [-0.3, -0.25) is 4.79 Å². The molecule has 0 spiro atoms. The smallest absolute Gasteiger partial charge is 0.271 e. The lowest BCUT2D eigenvalue weighted by molar-refractivity contribution is 0.0942. The Bertz CT molecular complexity index is 430. The van der Waals surface area contributed by atoms with E-state index < -0.39 is 17.8 Å². The Morgan fingerprint density at radius 3 is 3.00 bits per heavy atom. The van der Waals surface area contributed by atoms with E-state index in [0.717, 1.165) is 12.3 Å². The fraction of sp³-hybridized carbons (Fsp3) is 0.222. The highest BCUT2D eigenvalue weighted by molar-refractivity contribution is 7.80. The van der Waals surface area contributed by atoms with Crippen LogP contribution in [0.15, 0.2) is 17.2 Å². The molecule has 0 saturated carbocycles. The van der Waals surface area contributed by atoms with Gasteiger partial charge in [0.15, 0.2) is 0 Å². The second kappa shape index (κ2) is 4.75. The molecule has 1 aromatic rings. The van der Waals surface area contributed by atoms with Gasteiger partial charge < -0.3 is 5.32 Å². The summed E-state index contributed by atoms with van der Waals surface area (Å²) in [5.41, 5.74) is -0.0765. The minimum absolute atomic E-state index is 0.0693. The fourth-order valence-electron chi connectivity index (χ4n) is 0.851. The Hall–Kier alpha value is -1.61. The van der Waals surface area contributed by atoms with E-state index in [9.17, 15) is 9.18 Å². The normalized spacial score (nSPS) is 11.6. The van der Waals surface area contributed by atoms with Crippen LogP contribution >= 0.6 is 12.6 Å². The van der Waals surface area contributed by atoms with Gasteiger partial charge in [0.1, 0.15) is 17.6 Å². The first kappa shape index (κ1) is 11.5. The third kappa shape index (κ3) is 2.92. The number of hydrogen-bond donors (Lipinski definition) is 2. The van der Waals surface area contributed by atoms with Gasteiger partial charge in [0.05, 0.1) is 11.0 Å². The van der Waals surface area contributed by atoms with Crippen molar-refractivity contribution in [2.75, 3.05) is 0 Å². The molecule has 1 rings (SSSR count). The number of carbonyl (C=O) groups excluding carboxylic acids is 1. The minimum atomic E-state index is -0.641. The summed E-state index contributed by atoms with van der Waals surface area (Å²) in [6.07, 6.45) is 1.14. The van der Waals surface area contributed by atoms with E-state index in [1.807, 2.05) is 6.07 Å². The summed E-state index contributed by atoms with van der Waals surface area (Å²) in [6.45, 7) is 1.52. The van der Waals surface area contributed by atoms with Crippen LogP contribution in [0.3, 0.4) is 0 Å². The van der Waals surface area contributed by atoms with Crippen LogP contribution in [-0.2, 0) is 0 Å². The molecule has 0 aliphatic carbocycles. The lowest BCUT2D eigenvalue weighted by atomic mass is 10.3. The van der Waals surface area contributed by atoms with Gasteiger partial charge in [0, 0.05) is 12.3 Å². The molecule has 4 nitrogen and oxygen atoms in total. The molecular formula is C9H8FN3OS. The van der Waals surface area contributed by atoms with Gasteiger partial charge >= 0.3 is 0 Å². The van der Waals surface area contributed by atoms with Crippen molar-refractivity contribution in [1.29, 1.82) is 5.26 Å². The fourth-order valence-corrected chi connectivity index (χ4v) is 0.973. The van der Waals surface area contributed by atoms with E-state index in [2.05, 4.69) is 22.9 Å². The Balaban J connectivity index is 2.84. The minimum Gasteiger partial charge on any atom is -0.335 e. The van der Waals surface area contributed by atoms with Crippen molar-refractivity contribution in [1.82, 2.24) is 10.3 Å². The SMILES string of the molecule is C[C@@H](C#N)NC(=O)c1cc(F)c(S)cn1. The first-order valence-corrected chi connectivity index (χ1v) is 4.54. The van der Waals surface area contributed by atoms with E-state index >= 15 is 0 Å². The van der Waals surface area contributed by atoms with E-state index in [-0.39, 0.29) is 10.6 Å². The molecule has 0 aliphatic rings. The Morgan fingerprint density at radius 1 is 1.80 bits per heavy atom. The van der Waals surface area contributed by atoms with Crippen LogP contribution in [0.25, 0.3) is 0 Å². The van der Waals surface area contributed by atoms with Crippen LogP contribution < -0.4 is 5.32 Å². The van der Waals surface area contributed by atoms with Crippen molar-refractivity contribution in [3.8, 4) is 6.07 Å². The maximum Gasteiger partial charge on any atom is 0.271 e. The van der Waals surface area contributed by atoms with Crippen molar-refractivity contribution < 1.29 is 9.18 Å². The number of nitriles is 1. The predicted molar refractivity (Wildman–Crippen MR) is 54.0 cm³/mol. The van der Waals surface area contributed by atoms with Crippen LogP contribution in [0.1, 0.15) is 17.4 Å². The lowest BCUT2D eigenvalue weighted by Crippen LogP contribution is -2.31. The third-order valence-corrected chi connectivity index (χ3v) is 1.94. The monoisotopic (exact) mass is 225 g/mol. The molecule has 0 aromatic carbocycles. The average molecular weight is 225 g/mol. The largest absolute Gasteiger partial charge is 0.335 e. The molecule has 78 valence electrons. The average Bonchev–Trinajstić information content (AvgIpc) is 2.21. The molecule has 1 amide bonds. The molecule has 0 radical (unpaired) electrons. The maximum absolute atomic E-state index is 13.0. The number of carbonyl (C=O) groups is 1. The number of hydrogen-bond acceptors (Lipinski definition) is 4. The molecule has 0 unspecified atom stereocenters. The number of amides is 1. The van der Waals surface area contributed by atoms with Crippen molar-refractivity contribution >= 4 is 18.5 Å². The zero-order valence-electron chi connectivity index (χ0n) is 7.86. The second-order valence-corrected chi connectivity index (χ2v) is 3.33. The van der Waals surface area contributed by atoms with Gasteiger partial charge in [-0.15, -0.1) is 12.6 Å². The summed E-state index contributed by atoms with van der Waals surface area (Å²) < 4.78 is 13.0. The number of aromatic nitrogens is 1. The molecule has 0 bridgehead atoms. The first-order valence-electron chi connectivity index (χ1n) is 4.09. The van der Waals surface area contributed by atoms with Gasteiger partial charge in [-0.25, -0.2) is 9.37 Å². The molecule has 0 aliphatic heterocycles. The quantitative estimate of drug-likeness (QED) is 0.742. The number of rotatable bonds is 2. The van der Waals surface area contributed by atoms with Crippen LogP contribution in [0.2, 0.25) is 0 Å². The highest BCUT2D eigenvalue weighted by atomic mass is 32.1.